The molecule has 3 rings (SSSR count). The molecule has 0 N–H and O–H groups in total. The molecular formula is C17H21N5O3. The highest BCUT2D eigenvalue weighted by Gasteiger charge is 2.18. The van der Waals surface area contributed by atoms with Gasteiger partial charge in [0.15, 0.2) is 5.82 Å². The van der Waals surface area contributed by atoms with Crippen molar-refractivity contribution < 1.29 is 9.45 Å². The molecule has 1 saturated heterocycles. The van der Waals surface area contributed by atoms with Gasteiger partial charge < -0.3 is 4.52 Å². The number of para-hydroxylation sites is 1. The summed E-state index contributed by atoms with van der Waals surface area (Å²) in [7, 11) is 0. The van der Waals surface area contributed by atoms with Crippen molar-refractivity contribution in [2.45, 2.75) is 13.5 Å². The van der Waals surface area contributed by atoms with Crippen LogP contribution in [0.5, 0.6) is 0 Å². The number of benzene rings is 1. The Morgan fingerprint density at radius 3 is 2.64 bits per heavy atom. The number of hydrogen-bond acceptors (Lipinski definition) is 7. The fraction of sp³-hybridized carbons (Fsp3) is 0.412. The molecule has 8 nitrogen and oxygen atoms in total. The highest BCUT2D eigenvalue weighted by Crippen LogP contribution is 2.19. The van der Waals surface area contributed by atoms with Gasteiger partial charge in [-0.2, -0.15) is 4.98 Å². The number of nitro benzene ring substituents is 1. The van der Waals surface area contributed by atoms with Crippen molar-refractivity contribution in [1.29, 1.82) is 0 Å². The number of piperazine rings is 1. The lowest BCUT2D eigenvalue weighted by Gasteiger charge is -2.33. The van der Waals surface area contributed by atoms with Crippen molar-refractivity contribution in [2.24, 2.45) is 0 Å². The Hall–Kier alpha value is -2.58. The molecule has 0 atom stereocenters. The van der Waals surface area contributed by atoms with Gasteiger partial charge in [-0.15, -0.1) is 0 Å². The van der Waals surface area contributed by atoms with Crippen LogP contribution >= 0.6 is 0 Å². The molecule has 0 spiro atoms. The van der Waals surface area contributed by atoms with Crippen LogP contribution in [0.1, 0.15) is 17.3 Å². The summed E-state index contributed by atoms with van der Waals surface area (Å²) in [6.07, 6.45) is 3.81. The highest BCUT2D eigenvalue weighted by atomic mass is 16.6. The Morgan fingerprint density at radius 2 is 1.96 bits per heavy atom. The van der Waals surface area contributed by atoms with E-state index in [1.54, 1.807) is 19.1 Å². The van der Waals surface area contributed by atoms with E-state index in [0.29, 0.717) is 18.0 Å². The average Bonchev–Trinajstić information content (AvgIpc) is 3.01. The number of nitro groups is 1. The summed E-state index contributed by atoms with van der Waals surface area (Å²) in [5.41, 5.74) is 0.776. The molecule has 1 aliphatic rings. The number of aryl methyl sites for hydroxylation is 1. The first-order valence-corrected chi connectivity index (χ1v) is 8.25. The van der Waals surface area contributed by atoms with E-state index in [4.69, 9.17) is 4.52 Å². The van der Waals surface area contributed by atoms with Gasteiger partial charge in [0.2, 0.25) is 5.89 Å². The third kappa shape index (κ3) is 4.71. The number of rotatable bonds is 6. The lowest BCUT2D eigenvalue weighted by atomic mass is 10.1. The Labute approximate surface area is 145 Å². The molecule has 0 unspecified atom stereocenters. The summed E-state index contributed by atoms with van der Waals surface area (Å²) in [6.45, 7) is 7.03. The molecular weight excluding hydrogens is 322 g/mol. The Balaban J connectivity index is 1.47. The number of hydrogen-bond donors (Lipinski definition) is 0. The van der Waals surface area contributed by atoms with Crippen LogP contribution in [0.25, 0.3) is 6.08 Å². The maximum atomic E-state index is 11.0. The van der Waals surface area contributed by atoms with Gasteiger partial charge in [-0.25, -0.2) is 0 Å². The van der Waals surface area contributed by atoms with Crippen LogP contribution in [0.15, 0.2) is 34.9 Å². The fourth-order valence-corrected chi connectivity index (χ4v) is 2.86. The molecule has 1 aliphatic heterocycles. The molecule has 1 aromatic heterocycles. The van der Waals surface area contributed by atoms with Crippen LogP contribution in [0.2, 0.25) is 0 Å². The Morgan fingerprint density at radius 1 is 1.24 bits per heavy atom. The van der Waals surface area contributed by atoms with Crippen LogP contribution in [0.3, 0.4) is 0 Å². The predicted octanol–water partition coefficient (Wildman–Crippen LogP) is 2.12. The monoisotopic (exact) mass is 343 g/mol. The van der Waals surface area contributed by atoms with Crippen LogP contribution in [0.4, 0.5) is 5.69 Å². The zero-order valence-corrected chi connectivity index (χ0v) is 14.2. The minimum atomic E-state index is -0.349. The van der Waals surface area contributed by atoms with Crippen LogP contribution < -0.4 is 0 Å². The lowest BCUT2D eigenvalue weighted by molar-refractivity contribution is -0.385. The highest BCUT2D eigenvalue weighted by molar-refractivity contribution is 5.60. The molecule has 132 valence electrons. The van der Waals surface area contributed by atoms with Gasteiger partial charge in [0.25, 0.3) is 5.69 Å². The van der Waals surface area contributed by atoms with Crippen molar-refractivity contribution in [3.8, 4) is 0 Å². The van der Waals surface area contributed by atoms with Crippen molar-refractivity contribution >= 4 is 11.8 Å². The van der Waals surface area contributed by atoms with Crippen LogP contribution in [-0.2, 0) is 6.54 Å². The lowest BCUT2D eigenvalue weighted by Crippen LogP contribution is -2.45. The molecule has 0 amide bonds. The molecule has 0 radical (unpaired) electrons. The van der Waals surface area contributed by atoms with E-state index in [2.05, 4.69) is 19.9 Å². The third-order valence-electron chi connectivity index (χ3n) is 4.19. The molecule has 1 aromatic carbocycles. The van der Waals surface area contributed by atoms with Crippen molar-refractivity contribution in [3.63, 3.8) is 0 Å². The number of aromatic nitrogens is 2. The Bertz CT molecular complexity index is 750. The summed E-state index contributed by atoms with van der Waals surface area (Å²) in [6, 6.07) is 6.78. The topological polar surface area (TPSA) is 88.5 Å². The maximum Gasteiger partial charge on any atom is 0.276 e. The second-order valence-electron chi connectivity index (χ2n) is 6.02. The zero-order valence-electron chi connectivity index (χ0n) is 14.2. The van der Waals surface area contributed by atoms with E-state index in [-0.39, 0.29) is 10.6 Å². The summed E-state index contributed by atoms with van der Waals surface area (Å²) < 4.78 is 4.99. The SMILES string of the molecule is Cc1nc(CN2CCN(C/C=C/c3ccccc3[N+](=O)[O-])CC2)no1. The quantitative estimate of drug-likeness (QED) is 0.586. The standard InChI is InChI=1S/C17H21N5O3/c1-14-18-17(19-25-14)13-21-11-9-20(10-12-21)8-4-6-15-5-2-3-7-16(15)22(23)24/h2-7H,8-13H2,1H3/b6-4+. The minimum absolute atomic E-state index is 0.138. The molecule has 2 aromatic rings. The minimum Gasteiger partial charge on any atom is -0.340 e. The first-order valence-electron chi connectivity index (χ1n) is 8.25. The van der Waals surface area contributed by atoms with Gasteiger partial charge in [-0.05, 0) is 6.07 Å². The summed E-state index contributed by atoms with van der Waals surface area (Å²) in [5, 5.41) is 14.9. The zero-order chi connectivity index (χ0) is 17.6. The van der Waals surface area contributed by atoms with E-state index in [9.17, 15) is 10.1 Å². The van der Waals surface area contributed by atoms with Crippen molar-refractivity contribution in [2.75, 3.05) is 32.7 Å². The number of nitrogens with zero attached hydrogens (tertiary/aromatic N) is 5. The summed E-state index contributed by atoms with van der Waals surface area (Å²) in [5.74, 6) is 1.32. The van der Waals surface area contributed by atoms with Gasteiger partial charge in [0.05, 0.1) is 17.0 Å². The van der Waals surface area contributed by atoms with Crippen LogP contribution in [-0.4, -0.2) is 57.6 Å². The van der Waals surface area contributed by atoms with Gasteiger partial charge in [-0.3, -0.25) is 19.9 Å². The Kier molecular flexibility index (Phi) is 5.52. The van der Waals surface area contributed by atoms with Crippen LogP contribution in [0, 0.1) is 17.0 Å². The molecule has 0 bridgehead atoms. The van der Waals surface area contributed by atoms with Gasteiger partial charge in [0, 0.05) is 45.7 Å². The average molecular weight is 343 g/mol. The van der Waals surface area contributed by atoms with E-state index in [0.717, 1.165) is 38.5 Å². The molecule has 2 heterocycles. The van der Waals surface area contributed by atoms with Crippen molar-refractivity contribution in [3.05, 3.63) is 57.7 Å². The largest absolute Gasteiger partial charge is 0.340 e. The molecule has 1 fully saturated rings. The third-order valence-corrected chi connectivity index (χ3v) is 4.19. The van der Waals surface area contributed by atoms with Gasteiger partial charge >= 0.3 is 0 Å². The van der Waals surface area contributed by atoms with E-state index in [1.807, 2.05) is 18.2 Å². The maximum absolute atomic E-state index is 11.0. The normalized spacial score (nSPS) is 16.5. The van der Waals surface area contributed by atoms with Gasteiger partial charge in [0.1, 0.15) is 0 Å². The second kappa shape index (κ2) is 8.00. The summed E-state index contributed by atoms with van der Waals surface area (Å²) >= 11 is 0. The molecule has 0 aliphatic carbocycles. The summed E-state index contributed by atoms with van der Waals surface area (Å²) in [4.78, 5) is 19.5. The van der Waals surface area contributed by atoms with Gasteiger partial charge in [-0.1, -0.05) is 29.4 Å². The fourth-order valence-electron chi connectivity index (χ4n) is 2.86. The van der Waals surface area contributed by atoms with Crippen molar-refractivity contribution in [1.82, 2.24) is 19.9 Å². The smallest absolute Gasteiger partial charge is 0.276 e. The van der Waals surface area contributed by atoms with E-state index >= 15 is 0 Å². The predicted molar refractivity (Wildman–Crippen MR) is 92.9 cm³/mol. The molecule has 8 heteroatoms. The molecule has 0 saturated carbocycles. The molecule has 25 heavy (non-hydrogen) atoms. The van der Waals surface area contributed by atoms with E-state index in [1.165, 1.54) is 6.07 Å². The first kappa shape index (κ1) is 17.2. The first-order chi connectivity index (χ1) is 12.1. The second-order valence-corrected chi connectivity index (χ2v) is 6.02. The van der Waals surface area contributed by atoms with E-state index < -0.39 is 0 Å².